The lowest BCUT2D eigenvalue weighted by molar-refractivity contribution is 0.0695. The number of nitrogens with zero attached hydrogens (tertiary/aromatic N) is 2. The van der Waals surface area contributed by atoms with E-state index < -0.39 is 22.8 Å². The Kier molecular flexibility index (Phi) is 5.07. The fraction of sp³-hybridized carbons (Fsp3) is 0.444. The summed E-state index contributed by atoms with van der Waals surface area (Å²) in [7, 11) is 2.93. The van der Waals surface area contributed by atoms with Crippen LogP contribution in [0.25, 0.3) is 10.9 Å². The van der Waals surface area contributed by atoms with Gasteiger partial charge in [-0.05, 0) is 13.0 Å². The van der Waals surface area contributed by atoms with Crippen LogP contribution in [0, 0.1) is 5.82 Å². The van der Waals surface area contributed by atoms with Crippen LogP contribution in [0.1, 0.15) is 17.3 Å². The Balaban J connectivity index is 2.32. The molecule has 27 heavy (non-hydrogen) atoms. The van der Waals surface area contributed by atoms with Crippen LogP contribution in [0.15, 0.2) is 17.1 Å². The largest absolute Gasteiger partial charge is 0.492 e. The summed E-state index contributed by atoms with van der Waals surface area (Å²) in [5.74, 6) is -1.86. The minimum Gasteiger partial charge on any atom is -0.492 e. The Morgan fingerprint density at radius 1 is 1.41 bits per heavy atom. The second kappa shape index (κ2) is 7.16. The number of halogens is 1. The highest BCUT2D eigenvalue weighted by molar-refractivity contribution is 5.97. The lowest BCUT2D eigenvalue weighted by Crippen LogP contribution is -2.34. The van der Waals surface area contributed by atoms with Gasteiger partial charge in [-0.25, -0.2) is 9.18 Å². The van der Waals surface area contributed by atoms with Crippen molar-refractivity contribution in [3.8, 4) is 5.75 Å². The molecule has 3 rings (SSSR count). The number of pyridine rings is 1. The fourth-order valence-corrected chi connectivity index (χ4v) is 3.61. The second-order valence-corrected chi connectivity index (χ2v) is 6.44. The van der Waals surface area contributed by atoms with Crippen LogP contribution < -0.4 is 20.8 Å². The van der Waals surface area contributed by atoms with Gasteiger partial charge in [0.2, 0.25) is 5.43 Å². The van der Waals surface area contributed by atoms with Crippen molar-refractivity contribution in [2.24, 2.45) is 5.73 Å². The highest BCUT2D eigenvalue weighted by Gasteiger charge is 2.34. The maximum Gasteiger partial charge on any atom is 0.341 e. The van der Waals surface area contributed by atoms with Crippen molar-refractivity contribution in [2.45, 2.75) is 25.6 Å². The SMILES string of the molecule is CCn1cc(C(=O)O)c(=O)c2cc(F)c(N3CC(N)C(OC)C3)c(OC)c21. The number of hydrogen-bond acceptors (Lipinski definition) is 6. The first-order chi connectivity index (χ1) is 12.8. The normalized spacial score (nSPS) is 19.7. The first kappa shape index (κ1) is 19.1. The Bertz CT molecular complexity index is 958. The van der Waals surface area contributed by atoms with Crippen LogP contribution >= 0.6 is 0 Å². The van der Waals surface area contributed by atoms with E-state index in [9.17, 15) is 14.7 Å². The predicted octanol–water partition coefficient (Wildman–Crippen LogP) is 1.03. The highest BCUT2D eigenvalue weighted by atomic mass is 19.1. The van der Waals surface area contributed by atoms with Crippen LogP contribution in [0.4, 0.5) is 10.1 Å². The van der Waals surface area contributed by atoms with Crippen LogP contribution in [-0.2, 0) is 11.3 Å². The Morgan fingerprint density at radius 3 is 2.63 bits per heavy atom. The van der Waals surface area contributed by atoms with Gasteiger partial charge in [-0.3, -0.25) is 4.79 Å². The average Bonchev–Trinajstić information content (AvgIpc) is 3.01. The summed E-state index contributed by atoms with van der Waals surface area (Å²) in [6.07, 6.45) is 0.998. The summed E-state index contributed by atoms with van der Waals surface area (Å²) in [5.41, 5.74) is 5.42. The molecule has 1 fully saturated rings. The third-order valence-electron chi connectivity index (χ3n) is 4.95. The van der Waals surface area contributed by atoms with E-state index in [4.69, 9.17) is 15.2 Å². The minimum absolute atomic E-state index is 0.0402. The second-order valence-electron chi connectivity index (χ2n) is 6.44. The molecular weight excluding hydrogens is 357 g/mol. The summed E-state index contributed by atoms with van der Waals surface area (Å²) >= 11 is 0. The van der Waals surface area contributed by atoms with Crippen molar-refractivity contribution in [1.82, 2.24) is 4.57 Å². The molecule has 1 saturated heterocycles. The van der Waals surface area contributed by atoms with E-state index in [-0.39, 0.29) is 29.0 Å². The molecule has 146 valence electrons. The fourth-order valence-electron chi connectivity index (χ4n) is 3.61. The van der Waals surface area contributed by atoms with E-state index >= 15 is 4.39 Å². The standard InChI is InChI=1S/C18H22FN3O5/c1-4-21-6-10(18(24)25)16(23)9-5-11(19)15(17(27-3)14(9)21)22-7-12(20)13(8-22)26-2/h5-6,12-13H,4,7-8,20H2,1-3H3,(H,24,25). The van der Waals surface area contributed by atoms with Crippen molar-refractivity contribution >= 4 is 22.6 Å². The molecule has 2 atom stereocenters. The zero-order valence-corrected chi connectivity index (χ0v) is 15.4. The van der Waals surface area contributed by atoms with Gasteiger partial charge >= 0.3 is 5.97 Å². The molecule has 0 amide bonds. The van der Waals surface area contributed by atoms with Gasteiger partial charge in [-0.2, -0.15) is 0 Å². The van der Waals surface area contributed by atoms with Crippen molar-refractivity contribution < 1.29 is 23.8 Å². The number of methoxy groups -OCH3 is 2. The van der Waals surface area contributed by atoms with Gasteiger partial charge in [0.15, 0.2) is 11.6 Å². The first-order valence-corrected chi connectivity index (χ1v) is 8.54. The molecule has 9 heteroatoms. The number of fused-ring (bicyclic) bond motifs is 1. The number of carbonyl (C=O) groups is 1. The highest BCUT2D eigenvalue weighted by Crippen LogP contribution is 2.39. The van der Waals surface area contributed by atoms with Crippen LogP contribution in [0.5, 0.6) is 5.75 Å². The third kappa shape index (κ3) is 3.02. The number of aromatic nitrogens is 1. The summed E-state index contributed by atoms with van der Waals surface area (Å²) in [6, 6.07) is 0.775. The minimum atomic E-state index is -1.36. The summed E-state index contributed by atoms with van der Waals surface area (Å²) < 4.78 is 27.4. The molecule has 8 nitrogen and oxygen atoms in total. The van der Waals surface area contributed by atoms with Crippen molar-refractivity contribution in [1.29, 1.82) is 0 Å². The molecule has 1 aromatic carbocycles. The number of aromatic carboxylic acids is 1. The predicted molar refractivity (Wildman–Crippen MR) is 98.3 cm³/mol. The number of hydrogen-bond donors (Lipinski definition) is 2. The zero-order chi connectivity index (χ0) is 19.9. The van der Waals surface area contributed by atoms with Gasteiger partial charge in [0, 0.05) is 32.9 Å². The summed E-state index contributed by atoms with van der Waals surface area (Å²) in [5, 5.41) is 9.24. The smallest absolute Gasteiger partial charge is 0.341 e. The van der Waals surface area contributed by atoms with E-state index in [0.717, 1.165) is 6.07 Å². The molecule has 0 bridgehead atoms. The number of anilines is 1. The molecule has 2 aromatic rings. The monoisotopic (exact) mass is 379 g/mol. The molecule has 2 unspecified atom stereocenters. The van der Waals surface area contributed by atoms with E-state index in [2.05, 4.69) is 0 Å². The number of rotatable bonds is 5. The molecule has 0 spiro atoms. The van der Waals surface area contributed by atoms with Gasteiger partial charge < -0.3 is 29.8 Å². The molecule has 1 aromatic heterocycles. The Morgan fingerprint density at radius 2 is 2.11 bits per heavy atom. The van der Waals surface area contributed by atoms with E-state index in [1.165, 1.54) is 13.3 Å². The quantitative estimate of drug-likeness (QED) is 0.799. The lowest BCUT2D eigenvalue weighted by atomic mass is 10.1. The number of carboxylic acids is 1. The van der Waals surface area contributed by atoms with Crippen LogP contribution in [-0.4, -0.2) is 55.1 Å². The van der Waals surface area contributed by atoms with Crippen molar-refractivity contribution in [2.75, 3.05) is 32.2 Å². The summed E-state index contributed by atoms with van der Waals surface area (Å²) in [6.45, 7) is 2.91. The molecule has 3 N–H and O–H groups in total. The van der Waals surface area contributed by atoms with E-state index in [1.54, 1.807) is 23.5 Å². The van der Waals surface area contributed by atoms with E-state index in [1.807, 2.05) is 0 Å². The molecule has 0 radical (unpaired) electrons. The molecule has 0 saturated carbocycles. The van der Waals surface area contributed by atoms with Crippen molar-refractivity contribution in [3.63, 3.8) is 0 Å². The van der Waals surface area contributed by atoms with Gasteiger partial charge in [-0.15, -0.1) is 0 Å². The zero-order valence-electron chi connectivity index (χ0n) is 15.4. The Hall–Kier alpha value is -2.65. The number of carboxylic acid groups (broad SMARTS) is 1. The van der Waals surface area contributed by atoms with Gasteiger partial charge in [-0.1, -0.05) is 0 Å². The molecule has 1 aliphatic heterocycles. The number of nitrogens with two attached hydrogens (primary N) is 1. The van der Waals surface area contributed by atoms with Crippen LogP contribution in [0.2, 0.25) is 0 Å². The maximum absolute atomic E-state index is 15.0. The third-order valence-corrected chi connectivity index (χ3v) is 4.95. The molecule has 0 aliphatic carbocycles. The molecule has 1 aliphatic rings. The number of benzene rings is 1. The molecule has 2 heterocycles. The van der Waals surface area contributed by atoms with Gasteiger partial charge in [0.25, 0.3) is 0 Å². The summed E-state index contributed by atoms with van der Waals surface area (Å²) in [4.78, 5) is 25.7. The van der Waals surface area contributed by atoms with E-state index in [0.29, 0.717) is 25.2 Å². The topological polar surface area (TPSA) is 107 Å². The number of aryl methyl sites for hydroxylation is 1. The Labute approximate surface area is 154 Å². The number of ether oxygens (including phenoxy) is 2. The van der Waals surface area contributed by atoms with Crippen molar-refractivity contribution in [3.05, 3.63) is 33.9 Å². The molecular formula is C18H22FN3O5. The van der Waals surface area contributed by atoms with Crippen LogP contribution in [0.3, 0.4) is 0 Å². The maximum atomic E-state index is 15.0. The van der Waals surface area contributed by atoms with Gasteiger partial charge in [0.1, 0.15) is 11.3 Å². The average molecular weight is 379 g/mol. The van der Waals surface area contributed by atoms with Gasteiger partial charge in [0.05, 0.1) is 30.2 Å². The first-order valence-electron chi connectivity index (χ1n) is 8.54. The lowest BCUT2D eigenvalue weighted by Gasteiger charge is -2.24.